The SMILES string of the molecule is C/C=C/COc1nc(C(C)(C)C)nc(N)c1C. The first-order valence-corrected chi connectivity index (χ1v) is 5.74. The number of rotatable bonds is 3. The summed E-state index contributed by atoms with van der Waals surface area (Å²) in [6, 6.07) is 0. The van der Waals surface area contributed by atoms with Gasteiger partial charge < -0.3 is 10.5 Å². The van der Waals surface area contributed by atoms with E-state index in [1.807, 2.05) is 46.8 Å². The predicted octanol–water partition coefficient (Wildman–Crippen LogP) is 2.62. The highest BCUT2D eigenvalue weighted by Crippen LogP contribution is 2.25. The molecule has 2 N–H and O–H groups in total. The van der Waals surface area contributed by atoms with Crippen LogP contribution in [0.3, 0.4) is 0 Å². The van der Waals surface area contributed by atoms with Crippen LogP contribution in [0.4, 0.5) is 5.82 Å². The second-order valence-corrected chi connectivity index (χ2v) is 4.99. The Bertz CT molecular complexity index is 419. The molecule has 1 aromatic rings. The molecule has 0 bridgehead atoms. The molecule has 1 heterocycles. The Labute approximate surface area is 103 Å². The molecule has 17 heavy (non-hydrogen) atoms. The molecule has 0 aliphatic carbocycles. The zero-order valence-corrected chi connectivity index (χ0v) is 11.2. The van der Waals surface area contributed by atoms with Gasteiger partial charge in [0.2, 0.25) is 5.88 Å². The van der Waals surface area contributed by atoms with Gasteiger partial charge in [0, 0.05) is 5.41 Å². The zero-order valence-electron chi connectivity index (χ0n) is 11.2. The van der Waals surface area contributed by atoms with Crippen LogP contribution < -0.4 is 10.5 Å². The van der Waals surface area contributed by atoms with Crippen LogP contribution in [0.2, 0.25) is 0 Å². The summed E-state index contributed by atoms with van der Waals surface area (Å²) in [7, 11) is 0. The van der Waals surface area contributed by atoms with E-state index in [9.17, 15) is 0 Å². The zero-order chi connectivity index (χ0) is 13.1. The third kappa shape index (κ3) is 3.44. The average Bonchev–Trinajstić information content (AvgIpc) is 2.22. The number of hydrogen-bond acceptors (Lipinski definition) is 4. The second kappa shape index (κ2) is 5.17. The highest BCUT2D eigenvalue weighted by Gasteiger charge is 2.20. The summed E-state index contributed by atoms with van der Waals surface area (Å²) in [5.41, 5.74) is 6.53. The van der Waals surface area contributed by atoms with E-state index in [0.29, 0.717) is 24.1 Å². The van der Waals surface area contributed by atoms with Crippen LogP contribution in [-0.2, 0) is 5.41 Å². The fraction of sp³-hybridized carbons (Fsp3) is 0.538. The van der Waals surface area contributed by atoms with Gasteiger partial charge >= 0.3 is 0 Å². The Balaban J connectivity index is 3.07. The van der Waals surface area contributed by atoms with Crippen molar-refractivity contribution in [3.05, 3.63) is 23.5 Å². The molecule has 0 aliphatic heterocycles. The summed E-state index contributed by atoms with van der Waals surface area (Å²) in [4.78, 5) is 8.73. The van der Waals surface area contributed by atoms with Crippen LogP contribution in [-0.4, -0.2) is 16.6 Å². The van der Waals surface area contributed by atoms with Crippen molar-refractivity contribution in [3.63, 3.8) is 0 Å². The molecule has 1 aromatic heterocycles. The monoisotopic (exact) mass is 235 g/mol. The number of hydrogen-bond donors (Lipinski definition) is 1. The normalized spacial score (nSPS) is 12.1. The molecule has 0 unspecified atom stereocenters. The Hall–Kier alpha value is -1.58. The van der Waals surface area contributed by atoms with Crippen LogP contribution in [0.1, 0.15) is 39.1 Å². The largest absolute Gasteiger partial charge is 0.473 e. The van der Waals surface area contributed by atoms with Crippen molar-refractivity contribution in [1.82, 2.24) is 9.97 Å². The van der Waals surface area contributed by atoms with Crippen molar-refractivity contribution >= 4 is 5.82 Å². The number of nitrogens with zero attached hydrogens (tertiary/aromatic N) is 2. The van der Waals surface area contributed by atoms with Crippen LogP contribution in [0.5, 0.6) is 5.88 Å². The lowest BCUT2D eigenvalue weighted by molar-refractivity contribution is 0.340. The minimum atomic E-state index is -0.138. The summed E-state index contributed by atoms with van der Waals surface area (Å²) < 4.78 is 5.58. The van der Waals surface area contributed by atoms with Crippen molar-refractivity contribution in [2.75, 3.05) is 12.3 Å². The summed E-state index contributed by atoms with van der Waals surface area (Å²) in [5.74, 6) is 1.76. The molecule has 0 aliphatic rings. The molecule has 0 saturated heterocycles. The smallest absolute Gasteiger partial charge is 0.222 e. The van der Waals surface area contributed by atoms with Crippen molar-refractivity contribution in [2.45, 2.75) is 40.0 Å². The molecule has 0 amide bonds. The summed E-state index contributed by atoms with van der Waals surface area (Å²) in [5, 5.41) is 0. The van der Waals surface area contributed by atoms with Crippen LogP contribution >= 0.6 is 0 Å². The number of nitrogen functional groups attached to an aromatic ring is 1. The third-order valence-corrected chi connectivity index (χ3v) is 2.36. The molecular weight excluding hydrogens is 214 g/mol. The number of ether oxygens (including phenoxy) is 1. The van der Waals surface area contributed by atoms with E-state index >= 15 is 0 Å². The quantitative estimate of drug-likeness (QED) is 0.818. The third-order valence-electron chi connectivity index (χ3n) is 2.36. The first-order valence-electron chi connectivity index (χ1n) is 5.74. The van der Waals surface area contributed by atoms with Gasteiger partial charge in [-0.25, -0.2) is 4.98 Å². The topological polar surface area (TPSA) is 61.0 Å². The number of anilines is 1. The van der Waals surface area contributed by atoms with Crippen LogP contribution in [0, 0.1) is 6.92 Å². The molecule has 94 valence electrons. The molecular formula is C13H21N3O. The van der Waals surface area contributed by atoms with Gasteiger partial charge in [0.05, 0.1) is 5.56 Å². The minimum Gasteiger partial charge on any atom is -0.473 e. The molecule has 0 spiro atoms. The summed E-state index contributed by atoms with van der Waals surface area (Å²) >= 11 is 0. The van der Waals surface area contributed by atoms with E-state index in [4.69, 9.17) is 10.5 Å². The highest BCUT2D eigenvalue weighted by atomic mass is 16.5. The first kappa shape index (κ1) is 13.5. The van der Waals surface area contributed by atoms with Gasteiger partial charge in [-0.2, -0.15) is 4.98 Å². The van der Waals surface area contributed by atoms with Crippen molar-refractivity contribution in [2.24, 2.45) is 0 Å². The lowest BCUT2D eigenvalue weighted by atomic mass is 9.95. The van der Waals surface area contributed by atoms with Gasteiger partial charge in [0.15, 0.2) is 0 Å². The van der Waals surface area contributed by atoms with Crippen molar-refractivity contribution in [1.29, 1.82) is 0 Å². The Kier molecular flexibility index (Phi) is 4.10. The van der Waals surface area contributed by atoms with E-state index in [1.165, 1.54) is 0 Å². The average molecular weight is 235 g/mol. The fourth-order valence-corrected chi connectivity index (χ4v) is 1.21. The lowest BCUT2D eigenvalue weighted by Crippen LogP contribution is -2.18. The standard InChI is InChI=1S/C13H21N3O/c1-6-7-8-17-11-9(2)10(14)15-12(16-11)13(3,4)5/h6-7H,8H2,1-5H3,(H2,14,15,16)/b7-6+. The highest BCUT2D eigenvalue weighted by molar-refractivity contribution is 5.45. The van der Waals surface area contributed by atoms with Gasteiger partial charge in [-0.1, -0.05) is 32.9 Å². The van der Waals surface area contributed by atoms with E-state index in [1.54, 1.807) is 0 Å². The summed E-state index contributed by atoms with van der Waals surface area (Å²) in [6.07, 6.45) is 3.86. The van der Waals surface area contributed by atoms with Gasteiger partial charge in [-0.15, -0.1) is 0 Å². The summed E-state index contributed by atoms with van der Waals surface area (Å²) in [6.45, 7) is 10.5. The number of aromatic nitrogens is 2. The number of allylic oxidation sites excluding steroid dienone is 1. The molecule has 4 nitrogen and oxygen atoms in total. The molecule has 1 rings (SSSR count). The first-order chi connectivity index (χ1) is 7.86. The van der Waals surface area contributed by atoms with Gasteiger partial charge in [-0.05, 0) is 13.8 Å². The maximum Gasteiger partial charge on any atom is 0.222 e. The maximum atomic E-state index is 5.87. The molecule has 0 radical (unpaired) electrons. The molecule has 0 atom stereocenters. The molecule has 0 saturated carbocycles. The predicted molar refractivity (Wildman–Crippen MR) is 70.2 cm³/mol. The second-order valence-electron chi connectivity index (χ2n) is 4.99. The maximum absolute atomic E-state index is 5.87. The Morgan fingerprint density at radius 1 is 1.29 bits per heavy atom. The van der Waals surface area contributed by atoms with Gasteiger partial charge in [0.25, 0.3) is 0 Å². The fourth-order valence-electron chi connectivity index (χ4n) is 1.21. The van der Waals surface area contributed by atoms with Gasteiger partial charge in [-0.3, -0.25) is 0 Å². The van der Waals surface area contributed by atoms with Crippen LogP contribution in [0.25, 0.3) is 0 Å². The minimum absolute atomic E-state index is 0.138. The van der Waals surface area contributed by atoms with E-state index < -0.39 is 0 Å². The number of nitrogens with two attached hydrogens (primary N) is 1. The molecule has 4 heteroatoms. The Morgan fingerprint density at radius 3 is 2.47 bits per heavy atom. The van der Waals surface area contributed by atoms with Crippen molar-refractivity contribution in [3.8, 4) is 5.88 Å². The van der Waals surface area contributed by atoms with E-state index in [-0.39, 0.29) is 5.41 Å². The van der Waals surface area contributed by atoms with E-state index in [2.05, 4.69) is 9.97 Å². The Morgan fingerprint density at radius 2 is 1.94 bits per heavy atom. The van der Waals surface area contributed by atoms with Crippen molar-refractivity contribution < 1.29 is 4.74 Å². The molecule has 0 aromatic carbocycles. The molecule has 0 fully saturated rings. The van der Waals surface area contributed by atoms with Gasteiger partial charge in [0.1, 0.15) is 18.2 Å². The lowest BCUT2D eigenvalue weighted by Gasteiger charge is -2.19. The van der Waals surface area contributed by atoms with E-state index in [0.717, 1.165) is 5.56 Å². The van der Waals surface area contributed by atoms with Crippen LogP contribution in [0.15, 0.2) is 12.2 Å².